The predicted octanol–water partition coefficient (Wildman–Crippen LogP) is 2.09. The van der Waals surface area contributed by atoms with Crippen LogP contribution in [-0.4, -0.2) is 24.4 Å². The van der Waals surface area contributed by atoms with E-state index in [4.69, 9.17) is 0 Å². The van der Waals surface area contributed by atoms with Gasteiger partial charge >= 0.3 is 0 Å². The van der Waals surface area contributed by atoms with Crippen LogP contribution in [-0.2, 0) is 9.59 Å². The van der Waals surface area contributed by atoms with E-state index in [9.17, 15) is 9.59 Å². The molecular formula is C15H28N2O2. The van der Waals surface area contributed by atoms with Gasteiger partial charge in [0, 0.05) is 12.0 Å². The summed E-state index contributed by atoms with van der Waals surface area (Å²) < 4.78 is 0. The minimum atomic E-state index is -0.0674. The first-order valence-corrected chi connectivity index (χ1v) is 7.52. The summed E-state index contributed by atoms with van der Waals surface area (Å²) in [4.78, 5) is 23.5. The molecule has 2 amide bonds. The van der Waals surface area contributed by atoms with Gasteiger partial charge in [0.05, 0.1) is 6.54 Å². The Balaban J connectivity index is 2.36. The van der Waals surface area contributed by atoms with Gasteiger partial charge in [-0.25, -0.2) is 0 Å². The summed E-state index contributed by atoms with van der Waals surface area (Å²) in [5.74, 6) is 0.918. The summed E-state index contributed by atoms with van der Waals surface area (Å²) in [6.45, 7) is 8.32. The van der Waals surface area contributed by atoms with Crippen LogP contribution >= 0.6 is 0 Å². The van der Waals surface area contributed by atoms with Gasteiger partial charge in [-0.05, 0) is 31.1 Å². The Labute approximate surface area is 116 Å². The van der Waals surface area contributed by atoms with Crippen molar-refractivity contribution in [3.05, 3.63) is 0 Å². The number of hydrogen-bond acceptors (Lipinski definition) is 2. The van der Waals surface area contributed by atoms with Gasteiger partial charge in [0.2, 0.25) is 11.8 Å². The standard InChI is InChI=1S/C15H28N2O2/c1-5-10(2)15(19)16-9-13(18)17-14-11(3)7-6-8-12(14)4/h10-12,14H,5-9H2,1-4H3,(H,16,19)(H,17,18)/t10-,11-,12+,14?/m1/s1. The van der Waals surface area contributed by atoms with Crippen LogP contribution in [0.15, 0.2) is 0 Å². The molecule has 2 N–H and O–H groups in total. The Morgan fingerprint density at radius 3 is 2.32 bits per heavy atom. The second-order valence-corrected chi connectivity index (χ2v) is 6.01. The molecule has 1 rings (SSSR count). The van der Waals surface area contributed by atoms with Crippen molar-refractivity contribution in [3.8, 4) is 0 Å². The van der Waals surface area contributed by atoms with Crippen molar-refractivity contribution in [2.75, 3.05) is 6.54 Å². The van der Waals surface area contributed by atoms with Crippen LogP contribution in [0, 0.1) is 17.8 Å². The molecule has 110 valence electrons. The minimum Gasteiger partial charge on any atom is -0.351 e. The van der Waals surface area contributed by atoms with E-state index in [1.165, 1.54) is 19.3 Å². The molecule has 0 radical (unpaired) electrons. The molecule has 0 aromatic carbocycles. The SMILES string of the molecule is CC[C@@H](C)C(=O)NCC(=O)NC1[C@H](C)CCC[C@@H]1C. The Kier molecular flexibility index (Phi) is 6.32. The lowest BCUT2D eigenvalue weighted by atomic mass is 9.79. The zero-order chi connectivity index (χ0) is 14.4. The van der Waals surface area contributed by atoms with Crippen LogP contribution in [0.25, 0.3) is 0 Å². The van der Waals surface area contributed by atoms with Crippen LogP contribution in [0.4, 0.5) is 0 Å². The summed E-state index contributed by atoms with van der Waals surface area (Å²) >= 11 is 0. The maximum Gasteiger partial charge on any atom is 0.239 e. The zero-order valence-corrected chi connectivity index (χ0v) is 12.7. The third-order valence-corrected chi connectivity index (χ3v) is 4.36. The fraction of sp³-hybridized carbons (Fsp3) is 0.867. The summed E-state index contributed by atoms with van der Waals surface area (Å²) in [5.41, 5.74) is 0. The lowest BCUT2D eigenvalue weighted by Gasteiger charge is -2.35. The number of nitrogens with one attached hydrogen (secondary N) is 2. The largest absolute Gasteiger partial charge is 0.351 e. The molecule has 19 heavy (non-hydrogen) atoms. The van der Waals surface area contributed by atoms with Gasteiger partial charge < -0.3 is 10.6 Å². The molecule has 0 aromatic heterocycles. The van der Waals surface area contributed by atoms with E-state index in [-0.39, 0.29) is 30.3 Å². The average molecular weight is 268 g/mol. The highest BCUT2D eigenvalue weighted by atomic mass is 16.2. The van der Waals surface area contributed by atoms with E-state index in [1.54, 1.807) is 0 Å². The molecule has 0 saturated heterocycles. The topological polar surface area (TPSA) is 58.2 Å². The Bertz CT molecular complexity index is 307. The molecule has 4 nitrogen and oxygen atoms in total. The maximum atomic E-state index is 11.9. The van der Waals surface area contributed by atoms with Crippen molar-refractivity contribution >= 4 is 11.8 Å². The van der Waals surface area contributed by atoms with E-state index in [0.717, 1.165) is 6.42 Å². The second-order valence-electron chi connectivity index (χ2n) is 6.01. The van der Waals surface area contributed by atoms with Crippen molar-refractivity contribution < 1.29 is 9.59 Å². The molecule has 1 fully saturated rings. The van der Waals surface area contributed by atoms with Gasteiger partial charge in [0.15, 0.2) is 0 Å². The van der Waals surface area contributed by atoms with Crippen molar-refractivity contribution in [2.24, 2.45) is 17.8 Å². The Hall–Kier alpha value is -1.06. The number of rotatable bonds is 5. The lowest BCUT2D eigenvalue weighted by molar-refractivity contribution is -0.128. The van der Waals surface area contributed by atoms with Crippen LogP contribution in [0.3, 0.4) is 0 Å². The highest BCUT2D eigenvalue weighted by Gasteiger charge is 2.28. The minimum absolute atomic E-state index is 0.0275. The quantitative estimate of drug-likeness (QED) is 0.802. The highest BCUT2D eigenvalue weighted by Crippen LogP contribution is 2.28. The second kappa shape index (κ2) is 7.51. The molecule has 1 saturated carbocycles. The summed E-state index contributed by atoms with van der Waals surface area (Å²) in [5, 5.41) is 5.78. The van der Waals surface area contributed by atoms with E-state index in [1.807, 2.05) is 13.8 Å². The first kappa shape index (κ1) is 16.0. The fourth-order valence-corrected chi connectivity index (χ4v) is 2.73. The van der Waals surface area contributed by atoms with Crippen LogP contribution in [0.2, 0.25) is 0 Å². The number of amides is 2. The van der Waals surface area contributed by atoms with Gasteiger partial charge in [-0.2, -0.15) is 0 Å². The maximum absolute atomic E-state index is 11.9. The number of carbonyl (C=O) groups excluding carboxylic acids is 2. The molecular weight excluding hydrogens is 240 g/mol. The van der Waals surface area contributed by atoms with Crippen molar-refractivity contribution in [2.45, 2.75) is 59.4 Å². The van der Waals surface area contributed by atoms with Gasteiger partial charge in [-0.3, -0.25) is 9.59 Å². The third-order valence-electron chi connectivity index (χ3n) is 4.36. The first-order chi connectivity index (χ1) is 8.95. The van der Waals surface area contributed by atoms with Crippen LogP contribution in [0.1, 0.15) is 53.4 Å². The van der Waals surface area contributed by atoms with Gasteiger partial charge in [-0.15, -0.1) is 0 Å². The highest BCUT2D eigenvalue weighted by molar-refractivity contribution is 5.85. The normalized spacial score (nSPS) is 28.5. The lowest BCUT2D eigenvalue weighted by Crippen LogP contribution is -2.49. The van der Waals surface area contributed by atoms with Crippen LogP contribution in [0.5, 0.6) is 0 Å². The Morgan fingerprint density at radius 2 is 1.79 bits per heavy atom. The van der Waals surface area contributed by atoms with E-state index < -0.39 is 0 Å². The van der Waals surface area contributed by atoms with Crippen molar-refractivity contribution in [1.29, 1.82) is 0 Å². The van der Waals surface area contributed by atoms with Crippen molar-refractivity contribution in [1.82, 2.24) is 10.6 Å². The molecule has 0 heterocycles. The number of carbonyl (C=O) groups is 2. The first-order valence-electron chi connectivity index (χ1n) is 7.52. The van der Waals surface area contributed by atoms with Gasteiger partial charge in [-0.1, -0.05) is 34.1 Å². The molecule has 0 aromatic rings. The Morgan fingerprint density at radius 1 is 1.21 bits per heavy atom. The predicted molar refractivity (Wildman–Crippen MR) is 76.6 cm³/mol. The van der Waals surface area contributed by atoms with Crippen molar-refractivity contribution in [3.63, 3.8) is 0 Å². The molecule has 1 aliphatic rings. The zero-order valence-electron chi connectivity index (χ0n) is 12.7. The monoisotopic (exact) mass is 268 g/mol. The molecule has 1 unspecified atom stereocenters. The molecule has 0 bridgehead atoms. The molecule has 0 aliphatic heterocycles. The van der Waals surface area contributed by atoms with E-state index >= 15 is 0 Å². The molecule has 1 aliphatic carbocycles. The molecule has 4 heteroatoms. The molecule has 0 spiro atoms. The smallest absolute Gasteiger partial charge is 0.239 e. The van der Waals surface area contributed by atoms with Gasteiger partial charge in [0.25, 0.3) is 0 Å². The average Bonchev–Trinajstić information content (AvgIpc) is 2.39. The molecule has 4 atom stereocenters. The van der Waals surface area contributed by atoms with Crippen LogP contribution < -0.4 is 10.6 Å². The number of hydrogen-bond donors (Lipinski definition) is 2. The summed E-state index contributed by atoms with van der Waals surface area (Å²) in [6.07, 6.45) is 4.40. The van der Waals surface area contributed by atoms with E-state index in [0.29, 0.717) is 11.8 Å². The summed E-state index contributed by atoms with van der Waals surface area (Å²) in [6, 6.07) is 0.252. The van der Waals surface area contributed by atoms with Gasteiger partial charge in [0.1, 0.15) is 0 Å². The third kappa shape index (κ3) is 4.84. The summed E-state index contributed by atoms with van der Waals surface area (Å²) in [7, 11) is 0. The fourth-order valence-electron chi connectivity index (χ4n) is 2.73. The van der Waals surface area contributed by atoms with E-state index in [2.05, 4.69) is 24.5 Å².